The van der Waals surface area contributed by atoms with Crippen LogP contribution >= 0.6 is 23.5 Å². The van der Waals surface area contributed by atoms with E-state index in [0.29, 0.717) is 4.57 Å². The number of nitrogens with one attached hydrogen (secondary N) is 2. The Kier molecular flexibility index (Phi) is 10.9. The number of aliphatic hydroxyl groups is 2. The molecule has 2 heterocycles. The van der Waals surface area contributed by atoms with E-state index in [9.17, 15) is 43.4 Å². The van der Waals surface area contributed by atoms with Crippen molar-refractivity contribution < 1.29 is 100 Å². The zero-order valence-electron chi connectivity index (χ0n) is 16.8. The Balaban J connectivity index is 0.00000480. The van der Waals surface area contributed by atoms with Gasteiger partial charge in [0.1, 0.15) is 23.8 Å². The maximum Gasteiger partial charge on any atom is 1.00 e. The second kappa shape index (κ2) is 11.5. The number of aromatic amines is 1. The predicted molar refractivity (Wildman–Crippen MR) is 82.2 cm³/mol. The van der Waals surface area contributed by atoms with Gasteiger partial charge in [0.25, 0.3) is 0 Å². The van der Waals surface area contributed by atoms with Crippen LogP contribution in [0.1, 0.15) is 7.60 Å². The first-order chi connectivity index (χ1) is 13.5. The molecule has 3 unspecified atom stereocenters. The Bertz CT molecular complexity index is 1060. The van der Waals surface area contributed by atoms with Gasteiger partial charge in [-0.15, -0.1) is 0 Å². The van der Waals surface area contributed by atoms with Gasteiger partial charge in [-0.25, -0.2) is 13.9 Å². The quantitative estimate of drug-likeness (QED) is 0.144. The van der Waals surface area contributed by atoms with Crippen molar-refractivity contribution in [1.82, 2.24) is 9.55 Å². The average Bonchev–Trinajstić information content (AvgIpc) is 2.81. The van der Waals surface area contributed by atoms with Crippen molar-refractivity contribution >= 4 is 23.5 Å². The van der Waals surface area contributed by atoms with Gasteiger partial charge in [0, 0.05) is 6.20 Å². The summed E-state index contributed by atoms with van der Waals surface area (Å²) >= 11 is 0. The molecule has 1 fully saturated rings. The Morgan fingerprint density at radius 2 is 1.77 bits per heavy atom. The van der Waals surface area contributed by atoms with Crippen LogP contribution in [0.15, 0.2) is 17.0 Å². The van der Waals surface area contributed by atoms with Crippen molar-refractivity contribution in [3.8, 4) is 0 Å². The summed E-state index contributed by atoms with van der Waals surface area (Å²) in [5, 5.41) is 27.3. The van der Waals surface area contributed by atoms with E-state index in [2.05, 4.69) is 13.1 Å². The summed E-state index contributed by atoms with van der Waals surface area (Å²) in [7, 11) is -17.5. The molecule has 0 aliphatic carbocycles. The van der Waals surface area contributed by atoms with Crippen LogP contribution in [0.4, 0.5) is 0 Å². The van der Waals surface area contributed by atoms with Gasteiger partial charge in [-0.3, -0.25) is 23.8 Å². The van der Waals surface area contributed by atoms with Crippen molar-refractivity contribution in [1.29, 1.82) is 5.41 Å². The SMILES string of the molecule is [2H]c1[13cH]n([C@@H]2O[C@H](COP(=O)(O)OP(=O)(O)OP(=O)([O-])[O-])C(O)[C@@H]2O)c(=O)[nH]c1=N.[Li+].[Li+]. The van der Waals surface area contributed by atoms with E-state index >= 15 is 0 Å². The molecule has 0 radical (unpaired) electrons. The molecule has 0 spiro atoms. The molecule has 6 atom stereocenters. The van der Waals surface area contributed by atoms with E-state index in [-0.39, 0.29) is 37.7 Å². The number of phosphoric ester groups is 1. The van der Waals surface area contributed by atoms with E-state index < -0.39 is 71.8 Å². The number of nitrogens with zero attached hydrogens (tertiary/aromatic N) is 1. The molecular formula is C9H14Li2N3O14P3. The molecule has 6 N–H and O–H groups in total. The first-order valence-electron chi connectivity index (χ1n) is 7.64. The standard InChI is InChI=1S/C9H16N3O14P3.2Li/c10-5-1-2-12(9(15)11-5)8-7(14)6(13)4(24-8)3-23-28(19,20)26-29(21,22)25-27(16,17)18;;/h1-2,4,6-8,13-14H,3H2,(H,19,20)(H,21,22)(H2,10,11,15)(H2,16,17,18);;/q;2*+1/p-2/t4-,6?,7+,8-;;/m1../s1/i1D,2+1;;. The number of hydrogen-bond donors (Lipinski definition) is 6. The van der Waals surface area contributed by atoms with Crippen LogP contribution in [0, 0.1) is 5.41 Å². The molecule has 0 aromatic carbocycles. The van der Waals surface area contributed by atoms with Crippen LogP contribution < -0.4 is 58.7 Å². The second-order valence-corrected chi connectivity index (χ2v) is 9.71. The molecule has 0 amide bonds. The Labute approximate surface area is 198 Å². The molecule has 1 aromatic heterocycles. The van der Waals surface area contributed by atoms with Crippen molar-refractivity contribution in [3.05, 3.63) is 28.2 Å². The average molecular weight is 497 g/mol. The van der Waals surface area contributed by atoms with Crippen LogP contribution in [0.5, 0.6) is 0 Å². The fraction of sp³-hybridized carbons (Fsp3) is 0.556. The van der Waals surface area contributed by atoms with Crippen LogP contribution in [-0.4, -0.2) is 54.5 Å². The maximum atomic E-state index is 11.9. The molecule has 17 nitrogen and oxygen atoms in total. The fourth-order valence-electron chi connectivity index (χ4n) is 2.15. The monoisotopic (exact) mass is 497 g/mol. The van der Waals surface area contributed by atoms with Crippen LogP contribution in [0.25, 0.3) is 0 Å². The van der Waals surface area contributed by atoms with Crippen LogP contribution in [-0.2, 0) is 31.6 Å². The molecule has 22 heteroatoms. The number of rotatable bonds is 8. The van der Waals surface area contributed by atoms with Gasteiger partial charge < -0.3 is 39.1 Å². The predicted octanol–water partition coefficient (Wildman–Crippen LogP) is -9.64. The van der Waals surface area contributed by atoms with Crippen LogP contribution in [0.3, 0.4) is 0 Å². The van der Waals surface area contributed by atoms with E-state index in [4.69, 9.17) is 16.4 Å². The smallest absolute Gasteiger partial charge is 0.789 e. The van der Waals surface area contributed by atoms with E-state index in [1.807, 2.05) is 4.98 Å². The third-order valence-corrected chi connectivity index (χ3v) is 6.99. The molecule has 1 saturated heterocycles. The van der Waals surface area contributed by atoms with E-state index in [1.165, 1.54) is 0 Å². The summed E-state index contributed by atoms with van der Waals surface area (Å²) in [6.07, 6.45) is -6.10. The van der Waals surface area contributed by atoms with Gasteiger partial charge >= 0.3 is 59.1 Å². The number of aliphatic hydroxyl groups excluding tert-OH is 2. The molecular weight excluding hydrogens is 482 g/mol. The van der Waals surface area contributed by atoms with Gasteiger partial charge in [-0.05, 0) is 6.04 Å². The van der Waals surface area contributed by atoms with Crippen LogP contribution in [0.2, 0.25) is 0 Å². The summed E-state index contributed by atoms with van der Waals surface area (Å²) in [5.74, 6) is 0. The molecule has 31 heavy (non-hydrogen) atoms. The van der Waals surface area contributed by atoms with E-state index in [1.54, 1.807) is 0 Å². The zero-order valence-corrected chi connectivity index (χ0v) is 18.4. The van der Waals surface area contributed by atoms with Crippen molar-refractivity contribution in [3.63, 3.8) is 0 Å². The van der Waals surface area contributed by atoms with Gasteiger partial charge in [-0.2, -0.15) is 4.31 Å². The summed E-state index contributed by atoms with van der Waals surface area (Å²) in [6, 6.07) is -0.472. The Morgan fingerprint density at radius 1 is 1.19 bits per heavy atom. The number of ether oxygens (including phenoxy) is 1. The largest absolute Gasteiger partial charge is 1.00 e. The summed E-state index contributed by atoms with van der Waals surface area (Å²) in [4.78, 5) is 52.8. The molecule has 166 valence electrons. The van der Waals surface area contributed by atoms with Gasteiger partial charge in [0.2, 0.25) is 0 Å². The molecule has 1 aliphatic heterocycles. The molecule has 2 rings (SSSR count). The maximum absolute atomic E-state index is 11.9. The Morgan fingerprint density at radius 3 is 2.32 bits per heavy atom. The third-order valence-electron chi connectivity index (χ3n) is 3.24. The first-order valence-corrected chi connectivity index (χ1v) is 11.6. The van der Waals surface area contributed by atoms with Gasteiger partial charge in [0.05, 0.1) is 15.8 Å². The minimum absolute atomic E-state index is 0. The topological polar surface area (TPSA) is 277 Å². The normalized spacial score (nSPS) is 27.9. The minimum atomic E-state index is -6.07. The molecule has 0 bridgehead atoms. The first kappa shape index (κ1) is 29.2. The van der Waals surface area contributed by atoms with Crippen molar-refractivity contribution in [2.45, 2.75) is 24.5 Å². The zero-order chi connectivity index (χ0) is 23.1. The fourth-order valence-corrected chi connectivity index (χ4v) is 5.11. The summed E-state index contributed by atoms with van der Waals surface area (Å²) < 4.78 is 57.4. The van der Waals surface area contributed by atoms with Gasteiger partial charge in [0.15, 0.2) is 6.23 Å². The summed E-state index contributed by atoms with van der Waals surface area (Å²) in [5.41, 5.74) is -1.54. The number of phosphoric acid groups is 3. The third kappa shape index (κ3) is 9.14. The number of hydrogen-bond acceptors (Lipinski definition) is 13. The summed E-state index contributed by atoms with van der Waals surface area (Å²) in [6.45, 7) is -1.10. The van der Waals surface area contributed by atoms with Crippen molar-refractivity contribution in [2.24, 2.45) is 0 Å². The van der Waals surface area contributed by atoms with Gasteiger partial charge in [-0.1, -0.05) is 0 Å². The minimum Gasteiger partial charge on any atom is -0.789 e. The Hall–Kier alpha value is 0.165. The molecule has 1 aliphatic rings. The molecule has 1 aromatic rings. The second-order valence-electron chi connectivity index (χ2n) is 5.38. The molecule has 0 saturated carbocycles. The van der Waals surface area contributed by atoms with Crippen molar-refractivity contribution in [2.75, 3.05) is 6.61 Å². The number of aromatic nitrogens is 2. The van der Waals surface area contributed by atoms with E-state index in [0.717, 1.165) is 6.20 Å². The number of H-pyrrole nitrogens is 1.